The van der Waals surface area contributed by atoms with E-state index in [2.05, 4.69) is 15.9 Å². The van der Waals surface area contributed by atoms with Gasteiger partial charge in [0.1, 0.15) is 11.3 Å². The summed E-state index contributed by atoms with van der Waals surface area (Å²) in [7, 11) is 2.92. The lowest BCUT2D eigenvalue weighted by molar-refractivity contribution is 0.0971. The van der Waals surface area contributed by atoms with Crippen molar-refractivity contribution in [3.05, 3.63) is 91.2 Å². The van der Waals surface area contributed by atoms with Gasteiger partial charge in [0.15, 0.2) is 16.9 Å². The van der Waals surface area contributed by atoms with Crippen LogP contribution < -0.4 is 19.8 Å². The van der Waals surface area contributed by atoms with E-state index in [0.717, 1.165) is 0 Å². The molecule has 1 aliphatic rings. The Labute approximate surface area is 207 Å². The second-order valence-electron chi connectivity index (χ2n) is 7.64. The van der Waals surface area contributed by atoms with Crippen LogP contribution in [-0.4, -0.2) is 25.2 Å². The standard InChI is InChI=1S/C25H17BrClNO6/c1-32-19-8-5-14(11-16(19)27)28-22(12-3-6-17(29)20(9-12)33-2)21-23(30)15-10-13(26)4-7-18(15)34-24(21)25(28)31/h3-11,22,29H,1-2H3. The van der Waals surface area contributed by atoms with Crippen LogP contribution in [0.2, 0.25) is 5.02 Å². The lowest BCUT2D eigenvalue weighted by Gasteiger charge is -2.26. The van der Waals surface area contributed by atoms with Gasteiger partial charge in [-0.05, 0) is 54.1 Å². The molecule has 1 N–H and O–H groups in total. The molecule has 0 saturated carbocycles. The smallest absolute Gasteiger partial charge is 0.295 e. The maximum Gasteiger partial charge on any atom is 0.295 e. The molecule has 0 radical (unpaired) electrons. The van der Waals surface area contributed by atoms with Crippen molar-refractivity contribution in [3.63, 3.8) is 0 Å². The molecule has 0 fully saturated rings. The van der Waals surface area contributed by atoms with E-state index in [0.29, 0.717) is 37.5 Å². The highest BCUT2D eigenvalue weighted by Crippen LogP contribution is 2.44. The molecular weight excluding hydrogens is 526 g/mol. The number of nitrogens with zero attached hydrogens (tertiary/aromatic N) is 1. The van der Waals surface area contributed by atoms with Gasteiger partial charge in [0.05, 0.1) is 36.2 Å². The van der Waals surface area contributed by atoms with E-state index in [1.54, 1.807) is 48.5 Å². The van der Waals surface area contributed by atoms with E-state index < -0.39 is 11.9 Å². The summed E-state index contributed by atoms with van der Waals surface area (Å²) in [5.74, 6) is 0.0459. The van der Waals surface area contributed by atoms with Crippen LogP contribution in [0.25, 0.3) is 11.0 Å². The summed E-state index contributed by atoms with van der Waals surface area (Å²) in [5, 5.41) is 10.8. The largest absolute Gasteiger partial charge is 0.504 e. The van der Waals surface area contributed by atoms with Crippen molar-refractivity contribution in [1.82, 2.24) is 0 Å². The SMILES string of the molecule is COc1cc(C2c3c(oc4ccc(Br)cc4c3=O)C(=O)N2c2ccc(OC)c(Cl)c2)ccc1O. The van der Waals surface area contributed by atoms with Gasteiger partial charge >= 0.3 is 0 Å². The number of methoxy groups -OCH3 is 2. The zero-order valence-electron chi connectivity index (χ0n) is 18.0. The van der Waals surface area contributed by atoms with Gasteiger partial charge in [0.25, 0.3) is 5.91 Å². The van der Waals surface area contributed by atoms with E-state index in [1.807, 2.05) is 0 Å². The number of benzene rings is 3. The van der Waals surface area contributed by atoms with E-state index >= 15 is 0 Å². The molecule has 4 aromatic rings. The molecule has 0 saturated heterocycles. The number of ether oxygens (including phenoxy) is 2. The lowest BCUT2D eigenvalue weighted by Crippen LogP contribution is -2.29. The number of hydrogen-bond donors (Lipinski definition) is 1. The monoisotopic (exact) mass is 541 g/mol. The van der Waals surface area contributed by atoms with E-state index in [-0.39, 0.29) is 28.3 Å². The molecule has 0 aliphatic carbocycles. The number of halogens is 2. The predicted molar refractivity (Wildman–Crippen MR) is 131 cm³/mol. The van der Waals surface area contributed by atoms with Crippen LogP contribution in [0.15, 0.2) is 68.3 Å². The first-order valence-electron chi connectivity index (χ1n) is 10.1. The molecule has 0 bridgehead atoms. The van der Waals surface area contributed by atoms with E-state index in [9.17, 15) is 14.7 Å². The molecule has 3 aromatic carbocycles. The molecule has 2 heterocycles. The number of rotatable bonds is 4. The Morgan fingerprint density at radius 3 is 2.47 bits per heavy atom. The fourth-order valence-electron chi connectivity index (χ4n) is 4.20. The van der Waals surface area contributed by atoms with Gasteiger partial charge in [0.2, 0.25) is 5.76 Å². The molecule has 5 rings (SSSR count). The first-order chi connectivity index (χ1) is 16.3. The van der Waals surface area contributed by atoms with Crippen LogP contribution >= 0.6 is 27.5 Å². The maximum absolute atomic E-state index is 13.7. The van der Waals surface area contributed by atoms with Crippen LogP contribution in [0.1, 0.15) is 27.7 Å². The fraction of sp³-hybridized carbons (Fsp3) is 0.120. The van der Waals surface area contributed by atoms with E-state index in [4.69, 9.17) is 25.5 Å². The minimum atomic E-state index is -0.846. The predicted octanol–water partition coefficient (Wildman–Crippen LogP) is 5.68. The van der Waals surface area contributed by atoms with Crippen LogP contribution in [0.4, 0.5) is 5.69 Å². The number of aromatic hydroxyl groups is 1. The maximum atomic E-state index is 13.7. The van der Waals surface area contributed by atoms with Gasteiger partial charge in [-0.25, -0.2) is 0 Å². The first kappa shape index (κ1) is 22.3. The van der Waals surface area contributed by atoms with Crippen LogP contribution in [0.5, 0.6) is 17.2 Å². The molecular formula is C25H17BrClNO6. The first-order valence-corrected chi connectivity index (χ1v) is 11.3. The molecule has 9 heteroatoms. The molecule has 7 nitrogen and oxygen atoms in total. The van der Waals surface area contributed by atoms with E-state index in [1.165, 1.54) is 25.2 Å². The molecule has 1 aromatic heterocycles. The molecule has 172 valence electrons. The van der Waals surface area contributed by atoms with Crippen LogP contribution in [-0.2, 0) is 0 Å². The van der Waals surface area contributed by atoms with Crippen molar-refractivity contribution in [2.24, 2.45) is 0 Å². The number of phenolic OH excluding ortho intramolecular Hbond substituents is 1. The van der Waals surface area contributed by atoms with Gasteiger partial charge in [-0.2, -0.15) is 0 Å². The summed E-state index contributed by atoms with van der Waals surface area (Å²) in [6.07, 6.45) is 0. The zero-order valence-corrected chi connectivity index (χ0v) is 20.3. The van der Waals surface area contributed by atoms with Crippen molar-refractivity contribution < 1.29 is 23.8 Å². The molecule has 34 heavy (non-hydrogen) atoms. The third kappa shape index (κ3) is 3.41. The Kier molecular flexibility index (Phi) is 5.50. The van der Waals surface area contributed by atoms with Gasteiger partial charge in [-0.1, -0.05) is 33.6 Å². The molecule has 1 aliphatic heterocycles. The summed E-state index contributed by atoms with van der Waals surface area (Å²) in [4.78, 5) is 28.8. The number of amides is 1. The van der Waals surface area contributed by atoms with Crippen LogP contribution in [0.3, 0.4) is 0 Å². The number of carbonyl (C=O) groups is 1. The Balaban J connectivity index is 1.81. The molecule has 0 spiro atoms. The van der Waals surface area contributed by atoms with Crippen molar-refractivity contribution in [3.8, 4) is 17.2 Å². The number of carbonyl (C=O) groups excluding carboxylic acids is 1. The number of anilines is 1. The topological polar surface area (TPSA) is 89.2 Å². The summed E-state index contributed by atoms with van der Waals surface area (Å²) in [5.41, 5.74) is 1.16. The molecule has 1 amide bonds. The van der Waals surface area contributed by atoms with Crippen LogP contribution in [0, 0.1) is 0 Å². The van der Waals surface area contributed by atoms with Crippen molar-refractivity contribution >= 4 is 50.1 Å². The third-order valence-electron chi connectivity index (χ3n) is 5.77. The minimum Gasteiger partial charge on any atom is -0.504 e. The average molecular weight is 543 g/mol. The third-order valence-corrected chi connectivity index (χ3v) is 6.55. The van der Waals surface area contributed by atoms with Crippen molar-refractivity contribution in [1.29, 1.82) is 0 Å². The second-order valence-corrected chi connectivity index (χ2v) is 8.97. The van der Waals surface area contributed by atoms with Crippen molar-refractivity contribution in [2.75, 3.05) is 19.1 Å². The highest BCUT2D eigenvalue weighted by molar-refractivity contribution is 9.10. The normalized spacial score (nSPS) is 15.0. The summed E-state index contributed by atoms with van der Waals surface area (Å²) >= 11 is 9.74. The second kappa shape index (κ2) is 8.38. The quantitative estimate of drug-likeness (QED) is 0.357. The van der Waals surface area contributed by atoms with Gasteiger partial charge in [0, 0.05) is 10.2 Å². The van der Waals surface area contributed by atoms with Gasteiger partial charge in [-0.3, -0.25) is 14.5 Å². The van der Waals surface area contributed by atoms with Gasteiger partial charge < -0.3 is 19.0 Å². The average Bonchev–Trinajstić information content (AvgIpc) is 3.12. The summed E-state index contributed by atoms with van der Waals surface area (Å²) in [6.45, 7) is 0. The molecule has 1 unspecified atom stereocenters. The Bertz CT molecular complexity index is 1530. The number of fused-ring (bicyclic) bond motifs is 2. The van der Waals surface area contributed by atoms with Crippen molar-refractivity contribution in [2.45, 2.75) is 6.04 Å². The number of hydrogen-bond acceptors (Lipinski definition) is 6. The Hall–Kier alpha value is -3.49. The summed E-state index contributed by atoms with van der Waals surface area (Å²) in [6, 6.07) is 13.8. The minimum absolute atomic E-state index is 0.0520. The Morgan fingerprint density at radius 1 is 1.00 bits per heavy atom. The zero-order chi connectivity index (χ0) is 24.1. The Morgan fingerprint density at radius 2 is 1.76 bits per heavy atom. The lowest BCUT2D eigenvalue weighted by atomic mass is 9.97. The van der Waals surface area contributed by atoms with Gasteiger partial charge in [-0.15, -0.1) is 0 Å². The highest BCUT2D eigenvalue weighted by Gasteiger charge is 2.44. The number of phenols is 1. The fourth-order valence-corrected chi connectivity index (χ4v) is 4.81. The highest BCUT2D eigenvalue weighted by atomic mass is 79.9. The summed E-state index contributed by atoms with van der Waals surface area (Å²) < 4.78 is 17.2. The molecule has 1 atom stereocenters.